The Balaban J connectivity index is 1.50. The Kier molecular flexibility index (Phi) is 4.33. The van der Waals surface area contributed by atoms with E-state index in [4.69, 9.17) is 0 Å². The normalized spacial score (nSPS) is 18.9. The van der Waals surface area contributed by atoms with E-state index in [9.17, 15) is 0 Å². The van der Waals surface area contributed by atoms with Crippen molar-refractivity contribution in [2.24, 2.45) is 5.92 Å². The van der Waals surface area contributed by atoms with E-state index in [2.05, 4.69) is 57.5 Å². The van der Waals surface area contributed by atoms with E-state index in [0.29, 0.717) is 0 Å². The van der Waals surface area contributed by atoms with Crippen LogP contribution in [-0.2, 0) is 6.54 Å². The van der Waals surface area contributed by atoms with Crippen LogP contribution in [0.2, 0.25) is 0 Å². The molecule has 2 heterocycles. The van der Waals surface area contributed by atoms with Gasteiger partial charge in [-0.25, -0.2) is 4.98 Å². The predicted molar refractivity (Wildman–Crippen MR) is 85.2 cm³/mol. The number of hydrogen-bond donors (Lipinski definition) is 0. The minimum atomic E-state index is 0.763. The summed E-state index contributed by atoms with van der Waals surface area (Å²) in [7, 11) is 2.20. The highest BCUT2D eigenvalue weighted by molar-refractivity contribution is 7.07. The summed E-state index contributed by atoms with van der Waals surface area (Å²) in [4.78, 5) is 9.26. The number of para-hydroxylation sites is 1. The first-order valence-electron chi connectivity index (χ1n) is 7.17. The number of rotatable bonds is 5. The Hall–Kier alpha value is -1.39. The Morgan fingerprint density at radius 3 is 2.95 bits per heavy atom. The van der Waals surface area contributed by atoms with E-state index in [0.717, 1.165) is 19.0 Å². The van der Waals surface area contributed by atoms with Gasteiger partial charge >= 0.3 is 0 Å². The second-order valence-electron chi connectivity index (χ2n) is 5.61. The quantitative estimate of drug-likeness (QED) is 0.842. The molecule has 0 amide bonds. The number of aromatic nitrogens is 1. The third-order valence-corrected chi connectivity index (χ3v) is 4.53. The van der Waals surface area contributed by atoms with Crippen molar-refractivity contribution in [1.82, 2.24) is 9.88 Å². The monoisotopic (exact) mass is 287 g/mol. The molecule has 20 heavy (non-hydrogen) atoms. The van der Waals surface area contributed by atoms with Crippen LogP contribution in [0, 0.1) is 5.92 Å². The number of nitrogens with zero attached hydrogens (tertiary/aromatic N) is 3. The molecular formula is C16H21N3S. The number of benzene rings is 1. The van der Waals surface area contributed by atoms with E-state index in [1.807, 2.05) is 5.51 Å². The van der Waals surface area contributed by atoms with Crippen molar-refractivity contribution < 1.29 is 0 Å². The molecule has 1 aromatic carbocycles. The topological polar surface area (TPSA) is 19.4 Å². The molecule has 3 rings (SSSR count). The second kappa shape index (κ2) is 6.37. The molecule has 0 N–H and O–H groups in total. The van der Waals surface area contributed by atoms with Gasteiger partial charge in [-0.1, -0.05) is 18.2 Å². The summed E-state index contributed by atoms with van der Waals surface area (Å²) >= 11 is 1.68. The van der Waals surface area contributed by atoms with E-state index in [1.54, 1.807) is 11.3 Å². The molecule has 106 valence electrons. The highest BCUT2D eigenvalue weighted by atomic mass is 32.1. The smallest absolute Gasteiger partial charge is 0.0795 e. The summed E-state index contributed by atoms with van der Waals surface area (Å²) in [6.07, 6.45) is 1.29. The molecule has 1 saturated heterocycles. The van der Waals surface area contributed by atoms with Crippen LogP contribution < -0.4 is 4.90 Å². The van der Waals surface area contributed by atoms with E-state index in [1.165, 1.54) is 30.9 Å². The molecule has 1 fully saturated rings. The molecule has 0 radical (unpaired) electrons. The van der Waals surface area contributed by atoms with Gasteiger partial charge in [0.15, 0.2) is 0 Å². The van der Waals surface area contributed by atoms with Gasteiger partial charge in [-0.2, -0.15) is 0 Å². The second-order valence-corrected chi connectivity index (χ2v) is 6.33. The van der Waals surface area contributed by atoms with Gasteiger partial charge in [-0.3, -0.25) is 0 Å². The first-order valence-corrected chi connectivity index (χ1v) is 8.11. The number of hydrogen-bond acceptors (Lipinski definition) is 4. The van der Waals surface area contributed by atoms with Gasteiger partial charge in [-0.15, -0.1) is 11.3 Å². The van der Waals surface area contributed by atoms with Gasteiger partial charge in [0.25, 0.3) is 0 Å². The molecule has 3 nitrogen and oxygen atoms in total. The first kappa shape index (κ1) is 13.6. The molecule has 4 heteroatoms. The summed E-state index contributed by atoms with van der Waals surface area (Å²) in [6.45, 7) is 4.47. The zero-order valence-corrected chi connectivity index (χ0v) is 12.7. The fourth-order valence-electron chi connectivity index (χ4n) is 2.95. The highest BCUT2D eigenvalue weighted by Crippen LogP contribution is 2.24. The van der Waals surface area contributed by atoms with Gasteiger partial charge in [0, 0.05) is 37.2 Å². The molecule has 1 unspecified atom stereocenters. The van der Waals surface area contributed by atoms with E-state index in [-0.39, 0.29) is 0 Å². The summed E-state index contributed by atoms with van der Waals surface area (Å²) in [6, 6.07) is 10.7. The summed E-state index contributed by atoms with van der Waals surface area (Å²) in [5.41, 5.74) is 4.46. The van der Waals surface area contributed by atoms with Gasteiger partial charge in [0.2, 0.25) is 0 Å². The van der Waals surface area contributed by atoms with E-state index >= 15 is 0 Å². The van der Waals surface area contributed by atoms with Gasteiger partial charge in [0.1, 0.15) is 0 Å². The lowest BCUT2D eigenvalue weighted by molar-refractivity contribution is 0.277. The third kappa shape index (κ3) is 3.38. The maximum absolute atomic E-state index is 4.36. The molecule has 0 spiro atoms. The van der Waals surface area contributed by atoms with Crippen molar-refractivity contribution in [3.05, 3.63) is 46.9 Å². The SMILES string of the molecule is CN(Cc1cscn1)CC1CCN(c2ccccc2)C1. The van der Waals surface area contributed by atoms with Crippen molar-refractivity contribution in [2.45, 2.75) is 13.0 Å². The molecule has 1 atom stereocenters. The molecule has 0 bridgehead atoms. The molecular weight excluding hydrogens is 266 g/mol. The standard InChI is InChI=1S/C16H21N3S/c1-18(11-15-12-20-13-17-15)9-14-7-8-19(10-14)16-5-3-2-4-6-16/h2-6,12-14H,7-11H2,1H3. The van der Waals surface area contributed by atoms with Crippen LogP contribution in [-0.4, -0.2) is 36.6 Å². The van der Waals surface area contributed by atoms with E-state index < -0.39 is 0 Å². The Bertz CT molecular complexity index is 512. The summed E-state index contributed by atoms with van der Waals surface area (Å²) < 4.78 is 0. The number of thiazole rings is 1. The van der Waals surface area contributed by atoms with Crippen LogP contribution in [0.4, 0.5) is 5.69 Å². The Morgan fingerprint density at radius 2 is 2.20 bits per heavy atom. The fourth-order valence-corrected chi connectivity index (χ4v) is 3.50. The van der Waals surface area contributed by atoms with Gasteiger partial charge in [-0.05, 0) is 31.5 Å². The molecule has 1 aliphatic heterocycles. The van der Waals surface area contributed by atoms with Crippen LogP contribution in [0.1, 0.15) is 12.1 Å². The molecule has 0 aliphatic carbocycles. The van der Waals surface area contributed by atoms with Crippen molar-refractivity contribution in [3.8, 4) is 0 Å². The van der Waals surface area contributed by atoms with Gasteiger partial charge < -0.3 is 9.80 Å². The highest BCUT2D eigenvalue weighted by Gasteiger charge is 2.23. The minimum Gasteiger partial charge on any atom is -0.371 e. The zero-order chi connectivity index (χ0) is 13.8. The van der Waals surface area contributed by atoms with Crippen molar-refractivity contribution in [1.29, 1.82) is 0 Å². The molecule has 1 aliphatic rings. The largest absolute Gasteiger partial charge is 0.371 e. The molecule has 0 saturated carbocycles. The lowest BCUT2D eigenvalue weighted by Crippen LogP contribution is -2.28. The lowest BCUT2D eigenvalue weighted by atomic mass is 10.1. The minimum absolute atomic E-state index is 0.763. The molecule has 1 aromatic heterocycles. The fraction of sp³-hybridized carbons (Fsp3) is 0.438. The lowest BCUT2D eigenvalue weighted by Gasteiger charge is -2.22. The van der Waals surface area contributed by atoms with Crippen molar-refractivity contribution >= 4 is 17.0 Å². The van der Waals surface area contributed by atoms with Crippen LogP contribution in [0.3, 0.4) is 0 Å². The molecule has 2 aromatic rings. The Morgan fingerprint density at radius 1 is 1.35 bits per heavy atom. The van der Waals surface area contributed by atoms with Crippen LogP contribution in [0.5, 0.6) is 0 Å². The maximum atomic E-state index is 4.36. The predicted octanol–water partition coefficient (Wildman–Crippen LogP) is 3.10. The average molecular weight is 287 g/mol. The van der Waals surface area contributed by atoms with Crippen molar-refractivity contribution in [2.75, 3.05) is 31.6 Å². The average Bonchev–Trinajstić information content (AvgIpc) is 3.11. The maximum Gasteiger partial charge on any atom is 0.0795 e. The van der Waals surface area contributed by atoms with Crippen LogP contribution >= 0.6 is 11.3 Å². The third-order valence-electron chi connectivity index (χ3n) is 3.89. The Labute approximate surface area is 124 Å². The summed E-state index contributed by atoms with van der Waals surface area (Å²) in [5, 5.41) is 2.14. The summed E-state index contributed by atoms with van der Waals surface area (Å²) in [5.74, 6) is 0.763. The van der Waals surface area contributed by atoms with Gasteiger partial charge in [0.05, 0.1) is 11.2 Å². The van der Waals surface area contributed by atoms with Crippen molar-refractivity contribution in [3.63, 3.8) is 0 Å². The van der Waals surface area contributed by atoms with Crippen LogP contribution in [0.25, 0.3) is 0 Å². The zero-order valence-electron chi connectivity index (χ0n) is 11.9. The van der Waals surface area contributed by atoms with Crippen LogP contribution in [0.15, 0.2) is 41.2 Å². The number of anilines is 1. The first-order chi connectivity index (χ1) is 9.81.